The molecule has 0 aliphatic rings. The van der Waals surface area contributed by atoms with Gasteiger partial charge in [-0.2, -0.15) is 0 Å². The van der Waals surface area contributed by atoms with Crippen LogP contribution in [-0.2, 0) is 10.0 Å². The minimum absolute atomic E-state index is 0.0162. The van der Waals surface area contributed by atoms with Gasteiger partial charge in [0.25, 0.3) is 0 Å². The number of benzene rings is 1. The van der Waals surface area contributed by atoms with Crippen molar-refractivity contribution in [2.24, 2.45) is 5.73 Å². The van der Waals surface area contributed by atoms with E-state index in [1.807, 2.05) is 0 Å². The molecular weight excluding hydrogens is 268 g/mol. The monoisotopic (exact) mass is 286 g/mol. The molecule has 0 fully saturated rings. The van der Waals surface area contributed by atoms with Crippen LogP contribution in [0.1, 0.15) is 29.3 Å². The first kappa shape index (κ1) is 15.6. The number of hydrogen-bond acceptors (Lipinski definition) is 4. The molecule has 1 atom stereocenters. The van der Waals surface area contributed by atoms with Crippen LogP contribution in [0.15, 0.2) is 23.1 Å². The van der Waals surface area contributed by atoms with Gasteiger partial charge >= 0.3 is 0 Å². The van der Waals surface area contributed by atoms with E-state index in [-0.39, 0.29) is 17.0 Å². The summed E-state index contributed by atoms with van der Waals surface area (Å²) in [6.07, 6.45) is -0.268. The van der Waals surface area contributed by atoms with E-state index in [0.717, 1.165) is 0 Å². The van der Waals surface area contributed by atoms with Crippen molar-refractivity contribution in [3.63, 3.8) is 0 Å². The highest BCUT2D eigenvalue weighted by Gasteiger charge is 2.16. The number of amides is 1. The number of aliphatic hydroxyl groups is 1. The SMILES string of the molecule is Cc1ccc(S(=O)(=O)NCCC(C)O)cc1C(N)=O. The Hall–Kier alpha value is -1.44. The van der Waals surface area contributed by atoms with Gasteiger partial charge in [0.05, 0.1) is 11.0 Å². The summed E-state index contributed by atoms with van der Waals surface area (Å²) < 4.78 is 26.3. The van der Waals surface area contributed by atoms with E-state index < -0.39 is 22.0 Å². The molecule has 0 saturated carbocycles. The van der Waals surface area contributed by atoms with Gasteiger partial charge in [0.15, 0.2) is 0 Å². The second-order valence-electron chi connectivity index (χ2n) is 4.38. The molecule has 1 aromatic carbocycles. The van der Waals surface area contributed by atoms with Gasteiger partial charge in [0.2, 0.25) is 15.9 Å². The molecule has 0 radical (unpaired) electrons. The van der Waals surface area contributed by atoms with E-state index in [0.29, 0.717) is 12.0 Å². The van der Waals surface area contributed by atoms with Crippen LogP contribution in [0.2, 0.25) is 0 Å². The highest BCUT2D eigenvalue weighted by Crippen LogP contribution is 2.15. The maximum absolute atomic E-state index is 12.0. The van der Waals surface area contributed by atoms with E-state index >= 15 is 0 Å². The molecule has 1 unspecified atom stereocenters. The molecule has 0 aliphatic heterocycles. The lowest BCUT2D eigenvalue weighted by molar-refractivity contribution is 0.0999. The third-order valence-electron chi connectivity index (χ3n) is 2.64. The van der Waals surface area contributed by atoms with Crippen molar-refractivity contribution in [1.29, 1.82) is 0 Å². The van der Waals surface area contributed by atoms with Crippen LogP contribution in [0.25, 0.3) is 0 Å². The van der Waals surface area contributed by atoms with Crippen molar-refractivity contribution in [2.45, 2.75) is 31.3 Å². The van der Waals surface area contributed by atoms with Crippen LogP contribution in [-0.4, -0.2) is 32.1 Å². The average molecular weight is 286 g/mol. The average Bonchev–Trinajstić information content (AvgIpc) is 2.27. The second-order valence-corrected chi connectivity index (χ2v) is 6.14. The summed E-state index contributed by atoms with van der Waals surface area (Å²) in [7, 11) is -3.70. The van der Waals surface area contributed by atoms with Crippen LogP contribution in [0.4, 0.5) is 0 Å². The Kier molecular flexibility index (Phi) is 5.04. The zero-order chi connectivity index (χ0) is 14.6. The standard InChI is InChI=1S/C12H18N2O4S/c1-8-3-4-10(7-11(8)12(13)16)19(17,18)14-6-5-9(2)15/h3-4,7,9,14-15H,5-6H2,1-2H3,(H2,13,16). The van der Waals surface area contributed by atoms with Crippen molar-refractivity contribution in [3.05, 3.63) is 29.3 Å². The fourth-order valence-corrected chi connectivity index (χ4v) is 2.59. The Morgan fingerprint density at radius 1 is 1.47 bits per heavy atom. The molecule has 7 heteroatoms. The molecule has 0 aromatic heterocycles. The largest absolute Gasteiger partial charge is 0.393 e. The smallest absolute Gasteiger partial charge is 0.249 e. The van der Waals surface area contributed by atoms with E-state index in [9.17, 15) is 13.2 Å². The molecule has 6 nitrogen and oxygen atoms in total. The van der Waals surface area contributed by atoms with Gasteiger partial charge in [-0.15, -0.1) is 0 Å². The predicted octanol–water partition coefficient (Wildman–Crippen LogP) is 0.143. The molecule has 4 N–H and O–H groups in total. The molecule has 0 heterocycles. The maximum Gasteiger partial charge on any atom is 0.249 e. The summed E-state index contributed by atoms with van der Waals surface area (Å²) in [6, 6.07) is 4.19. The number of primary amides is 1. The van der Waals surface area contributed by atoms with Gasteiger partial charge in [-0.3, -0.25) is 4.79 Å². The normalized spacial score (nSPS) is 13.2. The minimum atomic E-state index is -3.70. The van der Waals surface area contributed by atoms with Crippen molar-refractivity contribution < 1.29 is 18.3 Å². The molecule has 1 rings (SSSR count). The number of hydrogen-bond donors (Lipinski definition) is 3. The van der Waals surface area contributed by atoms with Crippen molar-refractivity contribution in [1.82, 2.24) is 4.72 Å². The summed E-state index contributed by atoms with van der Waals surface area (Å²) in [5.41, 5.74) is 5.98. The Morgan fingerprint density at radius 3 is 2.63 bits per heavy atom. The fourth-order valence-electron chi connectivity index (χ4n) is 1.52. The Labute approximate surface area is 112 Å². The Morgan fingerprint density at radius 2 is 2.11 bits per heavy atom. The lowest BCUT2D eigenvalue weighted by Gasteiger charge is -2.09. The number of aliphatic hydroxyl groups excluding tert-OH is 1. The zero-order valence-electron chi connectivity index (χ0n) is 10.9. The Bertz CT molecular complexity index is 567. The van der Waals surface area contributed by atoms with E-state index in [4.69, 9.17) is 10.8 Å². The molecule has 0 aliphatic carbocycles. The van der Waals surface area contributed by atoms with Crippen LogP contribution >= 0.6 is 0 Å². The van der Waals surface area contributed by atoms with E-state index in [2.05, 4.69) is 4.72 Å². The number of carbonyl (C=O) groups excluding carboxylic acids is 1. The Balaban J connectivity index is 2.96. The van der Waals surface area contributed by atoms with Crippen molar-refractivity contribution in [2.75, 3.05) is 6.54 Å². The van der Waals surface area contributed by atoms with E-state index in [1.165, 1.54) is 18.2 Å². The molecule has 0 spiro atoms. The molecule has 0 bridgehead atoms. The number of carbonyl (C=O) groups is 1. The van der Waals surface area contributed by atoms with Crippen molar-refractivity contribution in [3.8, 4) is 0 Å². The quantitative estimate of drug-likeness (QED) is 0.691. The maximum atomic E-state index is 12.0. The summed E-state index contributed by atoms with van der Waals surface area (Å²) in [5, 5.41) is 9.08. The van der Waals surface area contributed by atoms with Crippen LogP contribution < -0.4 is 10.5 Å². The molecule has 106 valence electrons. The van der Waals surface area contributed by atoms with Crippen LogP contribution in [0, 0.1) is 6.92 Å². The lowest BCUT2D eigenvalue weighted by atomic mass is 10.1. The van der Waals surface area contributed by atoms with Gasteiger partial charge in [0, 0.05) is 12.1 Å². The fraction of sp³-hybridized carbons (Fsp3) is 0.417. The number of nitrogens with one attached hydrogen (secondary N) is 1. The lowest BCUT2D eigenvalue weighted by Crippen LogP contribution is -2.27. The molecule has 1 aromatic rings. The first-order valence-corrected chi connectivity index (χ1v) is 7.30. The number of aryl methyl sites for hydroxylation is 1. The number of sulfonamides is 1. The predicted molar refractivity (Wildman–Crippen MR) is 71.2 cm³/mol. The third kappa shape index (κ3) is 4.30. The first-order chi connectivity index (χ1) is 8.74. The van der Waals surface area contributed by atoms with Gasteiger partial charge in [-0.1, -0.05) is 6.07 Å². The number of nitrogens with two attached hydrogens (primary N) is 1. The molecular formula is C12H18N2O4S. The molecule has 0 saturated heterocycles. The highest BCUT2D eigenvalue weighted by atomic mass is 32.2. The molecule has 1 amide bonds. The summed E-state index contributed by atoms with van der Waals surface area (Å²) in [4.78, 5) is 11.2. The van der Waals surface area contributed by atoms with Crippen molar-refractivity contribution >= 4 is 15.9 Å². The number of rotatable bonds is 6. The summed E-state index contributed by atoms with van der Waals surface area (Å²) in [5.74, 6) is -0.668. The van der Waals surface area contributed by atoms with Gasteiger partial charge in [0.1, 0.15) is 0 Å². The minimum Gasteiger partial charge on any atom is -0.393 e. The van der Waals surface area contributed by atoms with Gasteiger partial charge in [-0.05, 0) is 38.0 Å². The van der Waals surface area contributed by atoms with Crippen LogP contribution in [0.5, 0.6) is 0 Å². The second kappa shape index (κ2) is 6.14. The highest BCUT2D eigenvalue weighted by molar-refractivity contribution is 7.89. The molecule has 19 heavy (non-hydrogen) atoms. The summed E-state index contributed by atoms with van der Waals surface area (Å²) >= 11 is 0. The zero-order valence-corrected chi connectivity index (χ0v) is 11.7. The van der Waals surface area contributed by atoms with E-state index in [1.54, 1.807) is 13.8 Å². The topological polar surface area (TPSA) is 109 Å². The first-order valence-electron chi connectivity index (χ1n) is 5.82. The summed E-state index contributed by atoms with van der Waals surface area (Å²) in [6.45, 7) is 3.38. The van der Waals surface area contributed by atoms with Gasteiger partial charge < -0.3 is 10.8 Å². The van der Waals surface area contributed by atoms with Gasteiger partial charge in [-0.25, -0.2) is 13.1 Å². The third-order valence-corrected chi connectivity index (χ3v) is 4.10. The van der Waals surface area contributed by atoms with Crippen LogP contribution in [0.3, 0.4) is 0 Å².